The molecule has 26 heavy (non-hydrogen) atoms. The molecule has 1 aliphatic rings. The molecule has 1 aromatic carbocycles. The van der Waals surface area contributed by atoms with Crippen molar-refractivity contribution < 1.29 is 14.3 Å². The second-order valence-electron chi connectivity index (χ2n) is 6.04. The maximum atomic E-state index is 12.4. The SMILES string of the molecule is CCOC(=O)c1c(NC(=O)CSc2cccc(N)c2)sc2c1CCCC2. The number of aryl methyl sites for hydroxylation is 1. The molecule has 0 unspecified atom stereocenters. The number of nitrogen functional groups attached to an aromatic ring is 1. The lowest BCUT2D eigenvalue weighted by Crippen LogP contribution is -2.17. The molecule has 0 fully saturated rings. The molecule has 5 nitrogen and oxygen atoms in total. The first-order valence-electron chi connectivity index (χ1n) is 8.68. The summed E-state index contributed by atoms with van der Waals surface area (Å²) >= 11 is 2.92. The van der Waals surface area contributed by atoms with Gasteiger partial charge in [0.15, 0.2) is 0 Å². The number of nitrogens with one attached hydrogen (secondary N) is 1. The lowest BCUT2D eigenvalue weighted by atomic mass is 9.95. The van der Waals surface area contributed by atoms with Crippen LogP contribution < -0.4 is 11.1 Å². The van der Waals surface area contributed by atoms with E-state index in [1.807, 2.05) is 24.3 Å². The van der Waals surface area contributed by atoms with Gasteiger partial charge in [-0.3, -0.25) is 4.79 Å². The van der Waals surface area contributed by atoms with Crippen LogP contribution in [0.1, 0.15) is 40.6 Å². The average Bonchev–Trinajstić information content (AvgIpc) is 2.98. The minimum Gasteiger partial charge on any atom is -0.462 e. The highest BCUT2D eigenvalue weighted by molar-refractivity contribution is 8.00. The molecule has 0 atom stereocenters. The number of benzene rings is 1. The van der Waals surface area contributed by atoms with Crippen molar-refractivity contribution in [3.8, 4) is 0 Å². The zero-order valence-electron chi connectivity index (χ0n) is 14.7. The highest BCUT2D eigenvalue weighted by atomic mass is 32.2. The molecule has 0 spiro atoms. The van der Waals surface area contributed by atoms with Crippen LogP contribution in [0.4, 0.5) is 10.7 Å². The van der Waals surface area contributed by atoms with Crippen molar-refractivity contribution in [2.45, 2.75) is 37.5 Å². The second kappa shape index (κ2) is 8.60. The topological polar surface area (TPSA) is 81.4 Å². The Bertz CT molecular complexity index is 817. The standard InChI is InChI=1S/C19H22N2O3S2/c1-2-24-19(23)17-14-8-3-4-9-15(14)26-18(17)21-16(22)11-25-13-7-5-6-12(20)10-13/h5-7,10H,2-4,8-9,11,20H2,1H3,(H,21,22). The lowest BCUT2D eigenvalue weighted by molar-refractivity contribution is -0.113. The Hall–Kier alpha value is -1.99. The third kappa shape index (κ3) is 4.40. The second-order valence-corrected chi connectivity index (χ2v) is 8.20. The summed E-state index contributed by atoms with van der Waals surface area (Å²) in [5.41, 5.74) is 8.04. The molecule has 0 saturated heterocycles. The van der Waals surface area contributed by atoms with Crippen LogP contribution in [-0.4, -0.2) is 24.2 Å². The first-order chi connectivity index (χ1) is 12.6. The molecule has 1 aromatic heterocycles. The summed E-state index contributed by atoms with van der Waals surface area (Å²) in [5, 5.41) is 3.54. The fourth-order valence-electron chi connectivity index (χ4n) is 2.99. The number of fused-ring (bicyclic) bond motifs is 1. The Kier molecular flexibility index (Phi) is 6.21. The maximum absolute atomic E-state index is 12.4. The van der Waals surface area contributed by atoms with Crippen LogP contribution >= 0.6 is 23.1 Å². The molecular formula is C19H22N2O3S2. The van der Waals surface area contributed by atoms with Gasteiger partial charge in [0.1, 0.15) is 5.00 Å². The van der Waals surface area contributed by atoms with Crippen LogP contribution in [0.3, 0.4) is 0 Å². The van der Waals surface area contributed by atoms with Crippen molar-refractivity contribution in [1.29, 1.82) is 0 Å². The number of anilines is 2. The number of rotatable bonds is 6. The summed E-state index contributed by atoms with van der Waals surface area (Å²) in [5.74, 6) is -0.221. The highest BCUT2D eigenvalue weighted by Crippen LogP contribution is 2.38. The number of nitrogens with two attached hydrogens (primary N) is 1. The summed E-state index contributed by atoms with van der Waals surface area (Å²) in [6.45, 7) is 2.11. The van der Waals surface area contributed by atoms with E-state index in [1.54, 1.807) is 6.92 Å². The van der Waals surface area contributed by atoms with Gasteiger partial charge in [-0.05, 0) is 56.4 Å². The number of carbonyl (C=O) groups is 2. The first-order valence-corrected chi connectivity index (χ1v) is 10.5. The van der Waals surface area contributed by atoms with Gasteiger partial charge in [0.25, 0.3) is 0 Å². The Labute approximate surface area is 161 Å². The fourth-order valence-corrected chi connectivity index (χ4v) is 5.05. The van der Waals surface area contributed by atoms with Gasteiger partial charge in [0.2, 0.25) is 5.91 Å². The van der Waals surface area contributed by atoms with Crippen LogP contribution in [0.25, 0.3) is 0 Å². The van der Waals surface area contributed by atoms with E-state index in [9.17, 15) is 9.59 Å². The van der Waals surface area contributed by atoms with Crippen molar-refractivity contribution in [3.63, 3.8) is 0 Å². The van der Waals surface area contributed by atoms with Gasteiger partial charge in [-0.2, -0.15) is 0 Å². The van der Waals surface area contributed by atoms with Crippen LogP contribution in [0, 0.1) is 0 Å². The molecule has 1 heterocycles. The number of thioether (sulfide) groups is 1. The molecule has 1 amide bonds. The molecule has 0 bridgehead atoms. The molecular weight excluding hydrogens is 368 g/mol. The van der Waals surface area contributed by atoms with Gasteiger partial charge in [-0.25, -0.2) is 4.79 Å². The van der Waals surface area contributed by atoms with Crippen molar-refractivity contribution in [3.05, 3.63) is 40.3 Å². The highest BCUT2D eigenvalue weighted by Gasteiger charge is 2.27. The summed E-state index contributed by atoms with van der Waals surface area (Å²) in [6.07, 6.45) is 4.01. The van der Waals surface area contributed by atoms with Gasteiger partial charge in [-0.15, -0.1) is 23.1 Å². The first kappa shape index (κ1) is 18.8. The van der Waals surface area contributed by atoms with Crippen LogP contribution in [-0.2, 0) is 22.4 Å². The molecule has 0 radical (unpaired) electrons. The predicted molar refractivity (Wildman–Crippen MR) is 107 cm³/mol. The summed E-state index contributed by atoms with van der Waals surface area (Å²) in [6, 6.07) is 7.43. The molecule has 2 aromatic rings. The molecule has 3 rings (SSSR count). The summed E-state index contributed by atoms with van der Waals surface area (Å²) < 4.78 is 5.21. The maximum Gasteiger partial charge on any atom is 0.341 e. The third-order valence-corrected chi connectivity index (χ3v) is 6.33. The summed E-state index contributed by atoms with van der Waals surface area (Å²) in [7, 11) is 0. The molecule has 138 valence electrons. The quantitative estimate of drug-likeness (QED) is 0.441. The summed E-state index contributed by atoms with van der Waals surface area (Å²) in [4.78, 5) is 27.0. The Balaban J connectivity index is 1.73. The van der Waals surface area contributed by atoms with Crippen LogP contribution in [0.2, 0.25) is 0 Å². The molecule has 3 N–H and O–H groups in total. The lowest BCUT2D eigenvalue weighted by Gasteiger charge is -2.12. The van der Waals surface area contributed by atoms with Crippen molar-refractivity contribution in [2.75, 3.05) is 23.4 Å². The van der Waals surface area contributed by atoms with E-state index in [4.69, 9.17) is 10.5 Å². The number of hydrogen-bond donors (Lipinski definition) is 2. The minimum absolute atomic E-state index is 0.137. The zero-order valence-corrected chi connectivity index (χ0v) is 16.3. The van der Waals surface area contributed by atoms with Gasteiger partial charge in [0.05, 0.1) is 17.9 Å². The Morgan fingerprint density at radius 1 is 1.31 bits per heavy atom. The largest absolute Gasteiger partial charge is 0.462 e. The van der Waals surface area contributed by atoms with Gasteiger partial charge in [0, 0.05) is 15.5 Å². The van der Waals surface area contributed by atoms with Gasteiger partial charge in [-0.1, -0.05) is 6.07 Å². The van der Waals surface area contributed by atoms with E-state index in [-0.39, 0.29) is 17.6 Å². The van der Waals surface area contributed by atoms with E-state index in [0.29, 0.717) is 22.9 Å². The predicted octanol–water partition coefficient (Wildman–Crippen LogP) is 4.12. The molecule has 0 aliphatic heterocycles. The van der Waals surface area contributed by atoms with Crippen LogP contribution in [0.5, 0.6) is 0 Å². The van der Waals surface area contributed by atoms with Crippen LogP contribution in [0.15, 0.2) is 29.2 Å². The smallest absolute Gasteiger partial charge is 0.341 e. The number of thiophene rings is 1. The minimum atomic E-state index is -0.342. The molecule has 0 saturated carbocycles. The number of amides is 1. The molecule has 1 aliphatic carbocycles. The van der Waals surface area contributed by atoms with Crippen molar-refractivity contribution in [1.82, 2.24) is 0 Å². The van der Waals surface area contributed by atoms with Gasteiger partial charge < -0.3 is 15.8 Å². The third-order valence-electron chi connectivity index (χ3n) is 4.13. The van der Waals surface area contributed by atoms with Crippen molar-refractivity contribution in [2.24, 2.45) is 0 Å². The van der Waals surface area contributed by atoms with E-state index in [2.05, 4.69) is 5.32 Å². The average molecular weight is 391 g/mol. The van der Waals surface area contributed by atoms with E-state index >= 15 is 0 Å². The van der Waals surface area contributed by atoms with Crippen molar-refractivity contribution >= 4 is 45.7 Å². The zero-order chi connectivity index (χ0) is 18.5. The van der Waals surface area contributed by atoms with E-state index < -0.39 is 0 Å². The Morgan fingerprint density at radius 2 is 2.12 bits per heavy atom. The number of ether oxygens (including phenoxy) is 1. The normalized spacial score (nSPS) is 13.1. The van der Waals surface area contributed by atoms with E-state index in [0.717, 1.165) is 36.1 Å². The monoisotopic (exact) mass is 390 g/mol. The molecule has 7 heteroatoms. The number of hydrogen-bond acceptors (Lipinski definition) is 6. The number of carbonyl (C=O) groups excluding carboxylic acids is 2. The number of esters is 1. The van der Waals surface area contributed by atoms with Gasteiger partial charge >= 0.3 is 5.97 Å². The Morgan fingerprint density at radius 3 is 2.88 bits per heavy atom. The van der Waals surface area contributed by atoms with E-state index in [1.165, 1.54) is 28.0 Å². The fraction of sp³-hybridized carbons (Fsp3) is 0.368.